The molecule has 3 aromatic carbocycles. The van der Waals surface area contributed by atoms with Crippen LogP contribution in [0.3, 0.4) is 0 Å². The van der Waals surface area contributed by atoms with Crippen molar-refractivity contribution >= 4 is 10.1 Å². The van der Waals surface area contributed by atoms with E-state index in [1.165, 1.54) is 12.1 Å². The Kier molecular flexibility index (Phi) is 5.55. The molecule has 0 heterocycles. The molecule has 0 bridgehead atoms. The average Bonchev–Trinajstić information content (AvgIpc) is 2.66. The van der Waals surface area contributed by atoms with Crippen LogP contribution in [0.25, 0.3) is 0 Å². The van der Waals surface area contributed by atoms with Gasteiger partial charge in [-0.15, -0.1) is 0 Å². The van der Waals surface area contributed by atoms with Gasteiger partial charge in [0.1, 0.15) is 29.6 Å². The van der Waals surface area contributed by atoms with Gasteiger partial charge in [0.15, 0.2) is 0 Å². The van der Waals surface area contributed by atoms with Crippen LogP contribution in [0, 0.1) is 0 Å². The summed E-state index contributed by atoms with van der Waals surface area (Å²) in [6, 6.07) is 23.1. The number of rotatable bonds is 7. The van der Waals surface area contributed by atoms with Crippen LogP contribution in [-0.4, -0.2) is 13.0 Å². The second-order valence-electron chi connectivity index (χ2n) is 5.66. The molecule has 0 saturated heterocycles. The van der Waals surface area contributed by atoms with Crippen molar-refractivity contribution in [2.45, 2.75) is 18.1 Å². The highest BCUT2D eigenvalue weighted by molar-refractivity contribution is 7.85. The summed E-state index contributed by atoms with van der Waals surface area (Å²) in [5.74, 6) is 0.596. The molecule has 134 valence electrons. The van der Waals surface area contributed by atoms with Crippen molar-refractivity contribution in [2.75, 3.05) is 0 Å². The Balaban J connectivity index is 1.79. The van der Waals surface area contributed by atoms with Gasteiger partial charge in [-0.3, -0.25) is 4.55 Å². The highest BCUT2D eigenvalue weighted by Crippen LogP contribution is 2.27. The largest absolute Gasteiger partial charge is 0.489 e. The van der Waals surface area contributed by atoms with Crippen LogP contribution >= 0.6 is 0 Å². The molecule has 0 aliphatic heterocycles. The predicted molar refractivity (Wildman–Crippen MR) is 97.8 cm³/mol. The Morgan fingerprint density at radius 3 is 1.50 bits per heavy atom. The summed E-state index contributed by atoms with van der Waals surface area (Å²) in [4.78, 5) is -0.272. The molecule has 0 aliphatic carbocycles. The molecule has 0 atom stereocenters. The molecule has 26 heavy (non-hydrogen) atoms. The zero-order valence-corrected chi connectivity index (χ0v) is 14.7. The molecule has 0 fully saturated rings. The van der Waals surface area contributed by atoms with E-state index >= 15 is 0 Å². The summed E-state index contributed by atoms with van der Waals surface area (Å²) in [6.07, 6.45) is 0. The van der Waals surface area contributed by atoms with Gasteiger partial charge in [-0.1, -0.05) is 60.7 Å². The fourth-order valence-electron chi connectivity index (χ4n) is 2.34. The Morgan fingerprint density at radius 2 is 1.12 bits per heavy atom. The second-order valence-corrected chi connectivity index (χ2v) is 7.09. The minimum Gasteiger partial charge on any atom is -0.489 e. The first-order chi connectivity index (χ1) is 12.5. The first-order valence-electron chi connectivity index (χ1n) is 7.97. The normalized spacial score (nSPS) is 11.1. The molecule has 0 radical (unpaired) electrons. The lowest BCUT2D eigenvalue weighted by atomic mass is 10.2. The Labute approximate surface area is 152 Å². The van der Waals surface area contributed by atoms with Gasteiger partial charge in [0.2, 0.25) is 0 Å². The molecule has 6 heteroatoms. The van der Waals surface area contributed by atoms with Gasteiger partial charge in [0, 0.05) is 18.2 Å². The van der Waals surface area contributed by atoms with Crippen molar-refractivity contribution < 1.29 is 22.4 Å². The second kappa shape index (κ2) is 8.03. The zero-order chi connectivity index (χ0) is 18.4. The van der Waals surface area contributed by atoms with Gasteiger partial charge in [-0.25, -0.2) is 0 Å². The fraction of sp³-hybridized carbons (Fsp3) is 0.100. The summed E-state index contributed by atoms with van der Waals surface area (Å²) in [6.45, 7) is 0.543. The van der Waals surface area contributed by atoms with Crippen LogP contribution in [0.4, 0.5) is 0 Å². The Hall–Kier alpha value is -2.83. The highest BCUT2D eigenvalue weighted by Gasteiger charge is 2.14. The van der Waals surface area contributed by atoms with Gasteiger partial charge in [0.25, 0.3) is 10.1 Å². The minimum atomic E-state index is -4.37. The van der Waals surface area contributed by atoms with Gasteiger partial charge in [0.05, 0.1) is 0 Å². The smallest absolute Gasteiger partial charge is 0.294 e. The van der Waals surface area contributed by atoms with E-state index in [4.69, 9.17) is 9.47 Å². The molecule has 0 saturated carbocycles. The third-order valence-electron chi connectivity index (χ3n) is 3.65. The third kappa shape index (κ3) is 5.08. The Morgan fingerprint density at radius 1 is 0.692 bits per heavy atom. The topological polar surface area (TPSA) is 72.8 Å². The van der Waals surface area contributed by atoms with E-state index in [-0.39, 0.29) is 18.1 Å². The molecule has 0 spiro atoms. The lowest BCUT2D eigenvalue weighted by Gasteiger charge is -2.12. The maximum absolute atomic E-state index is 11.5. The summed E-state index contributed by atoms with van der Waals surface area (Å²) in [5.41, 5.74) is 1.88. The van der Waals surface area contributed by atoms with Crippen molar-refractivity contribution in [1.29, 1.82) is 0 Å². The molecule has 0 unspecified atom stereocenters. The summed E-state index contributed by atoms with van der Waals surface area (Å²) in [5, 5.41) is 0. The average molecular weight is 370 g/mol. The molecular formula is C20H18O5S. The Bertz CT molecular complexity index is 892. The quantitative estimate of drug-likeness (QED) is 0.634. The summed E-state index contributed by atoms with van der Waals surface area (Å²) in [7, 11) is -4.37. The standard InChI is InChI=1S/C20H18O5S/c21-26(22,23)20-12-18(24-14-16-7-3-1-4-8-16)11-19(13-20)25-15-17-9-5-2-6-10-17/h1-13H,14-15H2,(H,21,22,23). The van der Waals surface area contributed by atoms with Crippen LogP contribution in [0.2, 0.25) is 0 Å². The molecular weight excluding hydrogens is 352 g/mol. The van der Waals surface area contributed by atoms with Crippen LogP contribution in [-0.2, 0) is 23.3 Å². The van der Waals surface area contributed by atoms with Crippen LogP contribution < -0.4 is 9.47 Å². The van der Waals surface area contributed by atoms with E-state index in [2.05, 4.69) is 0 Å². The van der Waals surface area contributed by atoms with Crippen molar-refractivity contribution in [1.82, 2.24) is 0 Å². The molecule has 0 amide bonds. The minimum absolute atomic E-state index is 0.272. The number of ether oxygens (including phenoxy) is 2. The monoisotopic (exact) mass is 370 g/mol. The van der Waals surface area contributed by atoms with Crippen molar-refractivity contribution in [3.05, 3.63) is 90.0 Å². The molecule has 3 aromatic rings. The van der Waals surface area contributed by atoms with Crippen molar-refractivity contribution in [3.8, 4) is 11.5 Å². The van der Waals surface area contributed by atoms with E-state index in [1.807, 2.05) is 60.7 Å². The van der Waals surface area contributed by atoms with Crippen molar-refractivity contribution in [3.63, 3.8) is 0 Å². The van der Waals surface area contributed by atoms with Gasteiger partial charge >= 0.3 is 0 Å². The van der Waals surface area contributed by atoms with Crippen LogP contribution in [0.1, 0.15) is 11.1 Å². The fourth-order valence-corrected chi connectivity index (χ4v) is 2.87. The lowest BCUT2D eigenvalue weighted by molar-refractivity contribution is 0.288. The molecule has 0 aliphatic rings. The zero-order valence-electron chi connectivity index (χ0n) is 13.9. The van der Waals surface area contributed by atoms with E-state index in [0.29, 0.717) is 11.5 Å². The number of benzene rings is 3. The highest BCUT2D eigenvalue weighted by atomic mass is 32.2. The van der Waals surface area contributed by atoms with Crippen LogP contribution in [0.15, 0.2) is 83.8 Å². The SMILES string of the molecule is O=S(=O)(O)c1cc(OCc2ccccc2)cc(OCc2ccccc2)c1. The summed E-state index contributed by atoms with van der Waals surface area (Å²) < 4.78 is 43.8. The lowest BCUT2D eigenvalue weighted by Crippen LogP contribution is -2.02. The summed E-state index contributed by atoms with van der Waals surface area (Å²) >= 11 is 0. The van der Waals surface area contributed by atoms with Gasteiger partial charge in [-0.05, 0) is 11.1 Å². The van der Waals surface area contributed by atoms with E-state index in [9.17, 15) is 13.0 Å². The first-order valence-corrected chi connectivity index (χ1v) is 9.41. The van der Waals surface area contributed by atoms with Gasteiger partial charge < -0.3 is 9.47 Å². The van der Waals surface area contributed by atoms with E-state index in [0.717, 1.165) is 11.1 Å². The number of hydrogen-bond donors (Lipinski definition) is 1. The van der Waals surface area contributed by atoms with Crippen molar-refractivity contribution in [2.24, 2.45) is 0 Å². The number of hydrogen-bond acceptors (Lipinski definition) is 4. The predicted octanol–water partition coefficient (Wildman–Crippen LogP) is 4.09. The first kappa shape index (κ1) is 18.0. The maximum Gasteiger partial charge on any atom is 0.294 e. The molecule has 0 aromatic heterocycles. The molecule has 3 rings (SSSR count). The van der Waals surface area contributed by atoms with Crippen LogP contribution in [0.5, 0.6) is 11.5 Å². The molecule has 1 N–H and O–H groups in total. The van der Waals surface area contributed by atoms with E-state index < -0.39 is 10.1 Å². The molecule has 5 nitrogen and oxygen atoms in total. The third-order valence-corrected chi connectivity index (χ3v) is 4.48. The van der Waals surface area contributed by atoms with Gasteiger partial charge in [-0.2, -0.15) is 8.42 Å². The van der Waals surface area contributed by atoms with E-state index in [1.54, 1.807) is 6.07 Å². The maximum atomic E-state index is 11.5.